The Kier molecular flexibility index (Phi) is 5.41. The number of hydrogen-bond acceptors (Lipinski definition) is 4. The first-order chi connectivity index (χ1) is 8.08. The first kappa shape index (κ1) is 14.0. The highest BCUT2D eigenvalue weighted by Gasteiger charge is 2.09. The Hall–Kier alpha value is -1.10. The summed E-state index contributed by atoms with van der Waals surface area (Å²) < 4.78 is 18.6. The highest BCUT2D eigenvalue weighted by atomic mass is 32.2. The molecular weight excluding hydrogens is 239 g/mol. The average molecular weight is 258 g/mol. The summed E-state index contributed by atoms with van der Waals surface area (Å²) in [6.07, 6.45) is 2.05. The van der Waals surface area contributed by atoms with Crippen molar-refractivity contribution in [3.05, 3.63) is 17.9 Å². The summed E-state index contributed by atoms with van der Waals surface area (Å²) in [7, 11) is 0. The van der Waals surface area contributed by atoms with E-state index < -0.39 is 5.82 Å². The predicted molar refractivity (Wildman–Crippen MR) is 73.4 cm³/mol. The molecule has 0 aliphatic heterocycles. The van der Waals surface area contributed by atoms with Crippen molar-refractivity contribution in [2.24, 2.45) is 0 Å². The van der Waals surface area contributed by atoms with Gasteiger partial charge in [0.2, 0.25) is 0 Å². The van der Waals surface area contributed by atoms with Crippen molar-refractivity contribution in [1.29, 1.82) is 0 Å². The average Bonchev–Trinajstić information content (AvgIpc) is 2.30. The van der Waals surface area contributed by atoms with E-state index in [-0.39, 0.29) is 5.75 Å². The Bertz CT molecular complexity index is 374. The van der Waals surface area contributed by atoms with E-state index in [0.717, 1.165) is 12.2 Å². The largest absolute Gasteiger partial charge is 0.491 e. The van der Waals surface area contributed by atoms with Crippen molar-refractivity contribution in [3.8, 4) is 5.75 Å². The molecule has 0 radical (unpaired) electrons. The molecule has 0 saturated carbocycles. The van der Waals surface area contributed by atoms with Crippen molar-refractivity contribution in [2.75, 3.05) is 30.5 Å². The van der Waals surface area contributed by atoms with E-state index in [0.29, 0.717) is 17.5 Å². The molecule has 3 nitrogen and oxygen atoms in total. The van der Waals surface area contributed by atoms with Crippen LogP contribution < -0.4 is 15.8 Å². The number of rotatable bonds is 6. The molecule has 96 valence electrons. The number of benzene rings is 1. The highest BCUT2D eigenvalue weighted by molar-refractivity contribution is 7.99. The van der Waals surface area contributed by atoms with E-state index in [1.807, 2.05) is 13.2 Å². The Labute approximate surface area is 106 Å². The van der Waals surface area contributed by atoms with Crippen LogP contribution in [-0.4, -0.2) is 24.7 Å². The third kappa shape index (κ3) is 4.00. The zero-order chi connectivity index (χ0) is 12.8. The van der Waals surface area contributed by atoms with Crippen LogP contribution in [0.4, 0.5) is 15.8 Å². The summed E-state index contributed by atoms with van der Waals surface area (Å²) >= 11 is 1.76. The van der Waals surface area contributed by atoms with E-state index in [1.54, 1.807) is 17.8 Å². The van der Waals surface area contributed by atoms with Gasteiger partial charge in [0.25, 0.3) is 0 Å². The molecule has 1 aromatic rings. The molecule has 1 rings (SSSR count). The molecule has 0 bridgehead atoms. The normalized spacial score (nSPS) is 12.2. The van der Waals surface area contributed by atoms with Crippen LogP contribution >= 0.6 is 11.8 Å². The number of nitrogens with two attached hydrogens (primary N) is 1. The second kappa shape index (κ2) is 6.59. The summed E-state index contributed by atoms with van der Waals surface area (Å²) in [5.74, 6) is -0.186. The van der Waals surface area contributed by atoms with Crippen LogP contribution in [-0.2, 0) is 0 Å². The maximum absolute atomic E-state index is 13.4. The van der Waals surface area contributed by atoms with E-state index in [2.05, 4.69) is 12.2 Å². The monoisotopic (exact) mass is 258 g/mol. The number of hydrogen-bond donors (Lipinski definition) is 2. The number of nitrogen functional groups attached to an aromatic ring is 1. The van der Waals surface area contributed by atoms with Gasteiger partial charge in [-0.2, -0.15) is 11.8 Å². The van der Waals surface area contributed by atoms with E-state index in [9.17, 15) is 4.39 Å². The zero-order valence-corrected chi connectivity index (χ0v) is 11.2. The van der Waals surface area contributed by atoms with Gasteiger partial charge in [-0.15, -0.1) is 0 Å². The predicted octanol–water partition coefficient (Wildman–Crippen LogP) is 2.97. The van der Waals surface area contributed by atoms with Crippen molar-refractivity contribution >= 4 is 23.1 Å². The topological polar surface area (TPSA) is 47.3 Å². The number of anilines is 2. The Morgan fingerprint density at radius 1 is 1.53 bits per heavy atom. The maximum Gasteiger partial charge on any atom is 0.167 e. The van der Waals surface area contributed by atoms with Crippen LogP contribution in [0.5, 0.6) is 5.75 Å². The van der Waals surface area contributed by atoms with Crippen molar-refractivity contribution in [2.45, 2.75) is 19.1 Å². The van der Waals surface area contributed by atoms with Crippen LogP contribution in [0.3, 0.4) is 0 Å². The van der Waals surface area contributed by atoms with Crippen LogP contribution in [0.1, 0.15) is 13.8 Å². The quantitative estimate of drug-likeness (QED) is 0.770. The van der Waals surface area contributed by atoms with E-state index in [1.165, 1.54) is 6.07 Å². The van der Waals surface area contributed by atoms with Gasteiger partial charge in [0.1, 0.15) is 0 Å². The first-order valence-corrected chi connectivity index (χ1v) is 6.85. The van der Waals surface area contributed by atoms with E-state index in [4.69, 9.17) is 10.5 Å². The Balaban J connectivity index is 2.80. The summed E-state index contributed by atoms with van der Waals surface area (Å²) in [5, 5.41) is 3.66. The summed E-state index contributed by atoms with van der Waals surface area (Å²) in [6.45, 7) is 5.14. The standard InChI is InChI=1S/C12H19FN2OS/c1-4-16-12-6-11(10(14)5-9(12)13)15-7-8(2)17-3/h5-6,8,15H,4,7,14H2,1-3H3. The molecule has 17 heavy (non-hydrogen) atoms. The second-order valence-corrected chi connectivity index (χ2v) is 5.01. The third-order valence-corrected chi connectivity index (χ3v) is 3.36. The van der Waals surface area contributed by atoms with Gasteiger partial charge in [-0.3, -0.25) is 0 Å². The molecule has 5 heteroatoms. The minimum atomic E-state index is -0.423. The lowest BCUT2D eigenvalue weighted by molar-refractivity contribution is 0.322. The first-order valence-electron chi connectivity index (χ1n) is 5.57. The fourth-order valence-corrected chi connectivity index (χ4v) is 1.58. The number of halogens is 1. The summed E-state index contributed by atoms with van der Waals surface area (Å²) in [4.78, 5) is 0. The molecular formula is C12H19FN2OS. The van der Waals surface area contributed by atoms with Gasteiger partial charge < -0.3 is 15.8 Å². The SMILES string of the molecule is CCOc1cc(NCC(C)SC)c(N)cc1F. The fraction of sp³-hybridized carbons (Fsp3) is 0.500. The van der Waals surface area contributed by atoms with Gasteiger partial charge in [-0.25, -0.2) is 4.39 Å². The lowest BCUT2D eigenvalue weighted by Crippen LogP contribution is -2.14. The van der Waals surface area contributed by atoms with Gasteiger partial charge in [0, 0.05) is 23.9 Å². The molecule has 1 atom stereocenters. The molecule has 0 fully saturated rings. The Morgan fingerprint density at radius 2 is 2.24 bits per heavy atom. The molecule has 0 heterocycles. The second-order valence-electron chi connectivity index (χ2n) is 3.73. The fourth-order valence-electron chi connectivity index (χ4n) is 1.33. The third-order valence-electron chi connectivity index (χ3n) is 2.39. The van der Waals surface area contributed by atoms with Crippen LogP contribution in [0.2, 0.25) is 0 Å². The minimum absolute atomic E-state index is 0.237. The van der Waals surface area contributed by atoms with Gasteiger partial charge >= 0.3 is 0 Å². The molecule has 1 aromatic carbocycles. The summed E-state index contributed by atoms with van der Waals surface area (Å²) in [6, 6.07) is 2.90. The van der Waals surface area contributed by atoms with Gasteiger partial charge in [0.15, 0.2) is 11.6 Å². The molecule has 0 aliphatic carbocycles. The maximum atomic E-state index is 13.4. The summed E-state index contributed by atoms with van der Waals surface area (Å²) in [5.41, 5.74) is 6.87. The highest BCUT2D eigenvalue weighted by Crippen LogP contribution is 2.28. The number of nitrogens with one attached hydrogen (secondary N) is 1. The Morgan fingerprint density at radius 3 is 2.82 bits per heavy atom. The molecule has 0 aliphatic rings. The lowest BCUT2D eigenvalue weighted by Gasteiger charge is -2.14. The molecule has 1 unspecified atom stereocenters. The molecule has 0 aromatic heterocycles. The minimum Gasteiger partial charge on any atom is -0.491 e. The van der Waals surface area contributed by atoms with Crippen molar-refractivity contribution in [1.82, 2.24) is 0 Å². The van der Waals surface area contributed by atoms with Gasteiger partial charge in [-0.1, -0.05) is 6.92 Å². The number of thioether (sulfide) groups is 1. The molecule has 0 amide bonds. The van der Waals surface area contributed by atoms with Crippen LogP contribution in [0.25, 0.3) is 0 Å². The van der Waals surface area contributed by atoms with Crippen molar-refractivity contribution < 1.29 is 9.13 Å². The van der Waals surface area contributed by atoms with Crippen molar-refractivity contribution in [3.63, 3.8) is 0 Å². The lowest BCUT2D eigenvalue weighted by atomic mass is 10.2. The molecule has 0 spiro atoms. The van der Waals surface area contributed by atoms with Crippen LogP contribution in [0, 0.1) is 5.82 Å². The van der Waals surface area contributed by atoms with Gasteiger partial charge in [0.05, 0.1) is 18.0 Å². The molecule has 0 saturated heterocycles. The smallest absolute Gasteiger partial charge is 0.167 e. The van der Waals surface area contributed by atoms with Gasteiger partial charge in [-0.05, 0) is 13.2 Å². The molecule has 3 N–H and O–H groups in total. The zero-order valence-electron chi connectivity index (χ0n) is 10.4. The van der Waals surface area contributed by atoms with Crippen LogP contribution in [0.15, 0.2) is 12.1 Å². The van der Waals surface area contributed by atoms with E-state index >= 15 is 0 Å². The number of ether oxygens (including phenoxy) is 1.